The Labute approximate surface area is 213 Å². The summed E-state index contributed by atoms with van der Waals surface area (Å²) in [6.07, 6.45) is -2.12. The SMILES string of the molecule is C=CCO[C@H]1O[C@H](COCc2ccccc2)[C@H](OCc2ccccc2)[C@H](OCc2ccccc2)[C@H]1O. The molecule has 6 nitrogen and oxygen atoms in total. The second kappa shape index (κ2) is 14.0. The van der Waals surface area contributed by atoms with Gasteiger partial charge in [-0.3, -0.25) is 0 Å². The van der Waals surface area contributed by atoms with Gasteiger partial charge < -0.3 is 28.8 Å². The molecule has 0 aliphatic carbocycles. The van der Waals surface area contributed by atoms with Gasteiger partial charge in [0.05, 0.1) is 33.0 Å². The summed E-state index contributed by atoms with van der Waals surface area (Å²) in [7, 11) is 0. The maximum absolute atomic E-state index is 11.2. The summed E-state index contributed by atoms with van der Waals surface area (Å²) in [6.45, 7) is 5.29. The highest BCUT2D eigenvalue weighted by Crippen LogP contribution is 2.29. The van der Waals surface area contributed by atoms with E-state index in [1.54, 1.807) is 6.08 Å². The van der Waals surface area contributed by atoms with E-state index in [0.717, 1.165) is 16.7 Å². The Morgan fingerprint density at radius 2 is 1.19 bits per heavy atom. The minimum Gasteiger partial charge on any atom is -0.385 e. The molecule has 0 bridgehead atoms. The Bertz CT molecular complexity index is 1010. The standard InChI is InChI=1S/C30H34O6/c1-2-18-33-30-27(31)29(35-21-25-16-10-5-11-17-25)28(34-20-24-14-8-4-9-15-24)26(36-30)22-32-19-23-12-6-3-7-13-23/h2-17,26-31H,1,18-22H2/t26-,27-,28+,29-,30+/m1/s1. The van der Waals surface area contributed by atoms with Crippen LogP contribution in [0.4, 0.5) is 0 Å². The van der Waals surface area contributed by atoms with Crippen LogP contribution in [0.3, 0.4) is 0 Å². The maximum Gasteiger partial charge on any atom is 0.187 e. The predicted octanol–water partition coefficient (Wildman–Crippen LogP) is 4.66. The summed E-state index contributed by atoms with van der Waals surface area (Å²) in [6, 6.07) is 29.7. The number of aliphatic hydroxyl groups excluding tert-OH is 1. The molecule has 0 radical (unpaired) electrons. The number of benzene rings is 3. The zero-order chi connectivity index (χ0) is 25.0. The van der Waals surface area contributed by atoms with Gasteiger partial charge in [0, 0.05) is 0 Å². The second-order valence-corrected chi connectivity index (χ2v) is 8.68. The first-order valence-corrected chi connectivity index (χ1v) is 12.2. The van der Waals surface area contributed by atoms with E-state index in [1.165, 1.54) is 0 Å². The van der Waals surface area contributed by atoms with Crippen molar-refractivity contribution in [1.29, 1.82) is 0 Å². The Kier molecular flexibility index (Phi) is 10.2. The van der Waals surface area contributed by atoms with Crippen LogP contribution in [0.5, 0.6) is 0 Å². The zero-order valence-corrected chi connectivity index (χ0v) is 20.4. The van der Waals surface area contributed by atoms with Gasteiger partial charge in [0.2, 0.25) is 0 Å². The second-order valence-electron chi connectivity index (χ2n) is 8.68. The van der Waals surface area contributed by atoms with Crippen molar-refractivity contribution < 1.29 is 28.8 Å². The molecule has 0 spiro atoms. The lowest BCUT2D eigenvalue weighted by atomic mass is 9.98. The van der Waals surface area contributed by atoms with Gasteiger partial charge in [-0.25, -0.2) is 0 Å². The normalized spacial score (nSPS) is 23.9. The first-order chi connectivity index (χ1) is 17.7. The largest absolute Gasteiger partial charge is 0.385 e. The summed E-state index contributed by atoms with van der Waals surface area (Å²) in [5.41, 5.74) is 3.08. The summed E-state index contributed by atoms with van der Waals surface area (Å²) in [5.74, 6) is 0. The Hall–Kier alpha value is -2.84. The number of rotatable bonds is 13. The number of hydrogen-bond acceptors (Lipinski definition) is 6. The lowest BCUT2D eigenvalue weighted by molar-refractivity contribution is -0.316. The van der Waals surface area contributed by atoms with Gasteiger partial charge in [0.1, 0.15) is 24.4 Å². The average molecular weight is 491 g/mol. The van der Waals surface area contributed by atoms with E-state index < -0.39 is 30.7 Å². The van der Waals surface area contributed by atoms with Crippen LogP contribution in [0, 0.1) is 0 Å². The van der Waals surface area contributed by atoms with Gasteiger partial charge in [0.25, 0.3) is 0 Å². The van der Waals surface area contributed by atoms with E-state index in [1.807, 2.05) is 91.0 Å². The van der Waals surface area contributed by atoms with E-state index in [4.69, 9.17) is 23.7 Å². The van der Waals surface area contributed by atoms with E-state index in [2.05, 4.69) is 6.58 Å². The molecule has 1 heterocycles. The molecule has 6 heteroatoms. The van der Waals surface area contributed by atoms with Crippen LogP contribution in [0.25, 0.3) is 0 Å². The molecule has 0 unspecified atom stereocenters. The molecular weight excluding hydrogens is 456 g/mol. The molecule has 5 atom stereocenters. The van der Waals surface area contributed by atoms with Crippen LogP contribution in [0.15, 0.2) is 104 Å². The molecule has 3 aromatic carbocycles. The van der Waals surface area contributed by atoms with Gasteiger partial charge >= 0.3 is 0 Å². The number of hydrogen-bond donors (Lipinski definition) is 1. The minimum absolute atomic E-state index is 0.236. The Balaban J connectivity index is 1.51. The number of ether oxygens (including phenoxy) is 5. The summed E-state index contributed by atoms with van der Waals surface area (Å²) in [5, 5.41) is 11.2. The molecule has 1 aliphatic heterocycles. The first kappa shape index (κ1) is 26.2. The van der Waals surface area contributed by atoms with Crippen molar-refractivity contribution >= 4 is 0 Å². The molecule has 3 aromatic rings. The van der Waals surface area contributed by atoms with E-state index in [0.29, 0.717) is 19.8 Å². The van der Waals surface area contributed by atoms with Crippen molar-refractivity contribution in [3.05, 3.63) is 120 Å². The van der Waals surface area contributed by atoms with Crippen LogP contribution in [0.1, 0.15) is 16.7 Å². The van der Waals surface area contributed by atoms with Gasteiger partial charge in [0.15, 0.2) is 6.29 Å². The molecular formula is C30H34O6. The molecule has 190 valence electrons. The lowest BCUT2D eigenvalue weighted by Crippen LogP contribution is -2.61. The van der Waals surface area contributed by atoms with E-state index in [9.17, 15) is 5.11 Å². The van der Waals surface area contributed by atoms with Gasteiger partial charge in [-0.2, -0.15) is 0 Å². The average Bonchev–Trinajstić information content (AvgIpc) is 2.93. The quantitative estimate of drug-likeness (QED) is 0.352. The topological polar surface area (TPSA) is 66.4 Å². The van der Waals surface area contributed by atoms with Crippen LogP contribution in [-0.2, 0) is 43.5 Å². The van der Waals surface area contributed by atoms with Crippen molar-refractivity contribution in [3.8, 4) is 0 Å². The zero-order valence-electron chi connectivity index (χ0n) is 20.4. The molecule has 1 saturated heterocycles. The smallest absolute Gasteiger partial charge is 0.187 e. The van der Waals surface area contributed by atoms with Crippen LogP contribution >= 0.6 is 0 Å². The molecule has 1 aliphatic rings. The molecule has 1 N–H and O–H groups in total. The van der Waals surface area contributed by atoms with Crippen LogP contribution in [0.2, 0.25) is 0 Å². The van der Waals surface area contributed by atoms with Crippen LogP contribution in [-0.4, -0.2) is 49.0 Å². The van der Waals surface area contributed by atoms with E-state index >= 15 is 0 Å². The monoisotopic (exact) mass is 490 g/mol. The summed E-state index contributed by atoms with van der Waals surface area (Å²) in [4.78, 5) is 0. The number of aliphatic hydroxyl groups is 1. The highest BCUT2D eigenvalue weighted by atomic mass is 16.7. The summed E-state index contributed by atoms with van der Waals surface area (Å²) >= 11 is 0. The van der Waals surface area contributed by atoms with E-state index in [-0.39, 0.29) is 13.2 Å². The van der Waals surface area contributed by atoms with Crippen molar-refractivity contribution in [2.24, 2.45) is 0 Å². The third kappa shape index (κ3) is 7.58. The molecule has 36 heavy (non-hydrogen) atoms. The van der Waals surface area contributed by atoms with Crippen molar-refractivity contribution in [2.45, 2.75) is 50.5 Å². The first-order valence-electron chi connectivity index (χ1n) is 12.2. The van der Waals surface area contributed by atoms with Crippen molar-refractivity contribution in [1.82, 2.24) is 0 Å². The van der Waals surface area contributed by atoms with Crippen molar-refractivity contribution in [3.63, 3.8) is 0 Å². The molecule has 0 aromatic heterocycles. The van der Waals surface area contributed by atoms with Gasteiger partial charge in [-0.1, -0.05) is 97.1 Å². The van der Waals surface area contributed by atoms with Gasteiger partial charge in [-0.05, 0) is 16.7 Å². The Morgan fingerprint density at radius 3 is 1.72 bits per heavy atom. The van der Waals surface area contributed by atoms with Crippen molar-refractivity contribution in [2.75, 3.05) is 13.2 Å². The Morgan fingerprint density at radius 1 is 0.694 bits per heavy atom. The predicted molar refractivity (Wildman–Crippen MR) is 137 cm³/mol. The highest BCUT2D eigenvalue weighted by Gasteiger charge is 2.47. The fourth-order valence-electron chi connectivity index (χ4n) is 4.12. The van der Waals surface area contributed by atoms with Crippen LogP contribution < -0.4 is 0 Å². The van der Waals surface area contributed by atoms with Gasteiger partial charge in [-0.15, -0.1) is 6.58 Å². The maximum atomic E-state index is 11.2. The minimum atomic E-state index is -1.06. The molecule has 4 rings (SSSR count). The highest BCUT2D eigenvalue weighted by molar-refractivity contribution is 5.15. The fraction of sp³-hybridized carbons (Fsp3) is 0.333. The molecule has 1 fully saturated rings. The fourth-order valence-corrected chi connectivity index (χ4v) is 4.12. The third-order valence-corrected chi connectivity index (χ3v) is 5.96. The molecule has 0 saturated carbocycles. The summed E-state index contributed by atoms with van der Waals surface area (Å²) < 4.78 is 30.6. The third-order valence-electron chi connectivity index (χ3n) is 5.96. The lowest BCUT2D eigenvalue weighted by Gasteiger charge is -2.44. The molecule has 0 amide bonds.